The van der Waals surface area contributed by atoms with Gasteiger partial charge in [0.15, 0.2) is 0 Å². The molecule has 0 N–H and O–H groups in total. The first-order chi connectivity index (χ1) is 9.65. The molecule has 2 aromatic rings. The number of anilines is 1. The van der Waals surface area contributed by atoms with Crippen LogP contribution in [0.1, 0.15) is 13.8 Å². The first-order valence-corrected chi connectivity index (χ1v) is 7.08. The molecule has 0 aromatic heterocycles. The monoisotopic (exact) mass is 287 g/mol. The van der Waals surface area contributed by atoms with E-state index in [0.29, 0.717) is 0 Å². The van der Waals surface area contributed by atoms with Gasteiger partial charge in [-0.1, -0.05) is 13.8 Å². The van der Waals surface area contributed by atoms with Crippen LogP contribution >= 0.6 is 12.6 Å². The van der Waals surface area contributed by atoms with E-state index in [0.717, 1.165) is 22.0 Å². The predicted molar refractivity (Wildman–Crippen MR) is 90.0 cm³/mol. The molecule has 20 heavy (non-hydrogen) atoms. The third-order valence-corrected chi connectivity index (χ3v) is 2.79. The topological polar surface area (TPSA) is 28.0 Å². The molecule has 0 spiro atoms. The van der Waals surface area contributed by atoms with Crippen molar-refractivity contribution in [2.45, 2.75) is 18.7 Å². The Morgan fingerprint density at radius 2 is 1.15 bits per heavy atom. The van der Waals surface area contributed by atoms with Crippen molar-refractivity contribution in [3.63, 3.8) is 0 Å². The molecular weight excluding hydrogens is 266 g/mol. The number of thiol groups is 1. The normalized spacial score (nSPS) is 10.1. The maximum atomic E-state index is 4.22. The van der Waals surface area contributed by atoms with Gasteiger partial charge in [-0.15, -0.1) is 12.6 Å². The number of azo groups is 1. The van der Waals surface area contributed by atoms with E-state index in [2.05, 4.69) is 22.9 Å². The number of hydrogen-bond acceptors (Lipinski definition) is 4. The fourth-order valence-electron chi connectivity index (χ4n) is 1.45. The van der Waals surface area contributed by atoms with Crippen LogP contribution in [-0.4, -0.2) is 14.1 Å². The number of nitrogens with zero attached hydrogens (tertiary/aromatic N) is 3. The van der Waals surface area contributed by atoms with Crippen molar-refractivity contribution in [1.29, 1.82) is 0 Å². The lowest BCUT2D eigenvalue weighted by molar-refractivity contribution is 1.13. The third kappa shape index (κ3) is 5.05. The summed E-state index contributed by atoms with van der Waals surface area (Å²) in [5, 5.41) is 8.36. The molecule has 0 aliphatic carbocycles. The number of hydrogen-bond donors (Lipinski definition) is 1. The highest BCUT2D eigenvalue weighted by Crippen LogP contribution is 2.21. The van der Waals surface area contributed by atoms with Crippen LogP contribution in [0.25, 0.3) is 0 Å². The zero-order valence-electron chi connectivity index (χ0n) is 12.4. The molecule has 0 aliphatic heterocycles. The molecule has 0 amide bonds. The minimum Gasteiger partial charge on any atom is -0.378 e. The van der Waals surface area contributed by atoms with Gasteiger partial charge in [-0.2, -0.15) is 10.2 Å². The van der Waals surface area contributed by atoms with Crippen molar-refractivity contribution in [2.24, 2.45) is 10.2 Å². The molecule has 106 valence electrons. The van der Waals surface area contributed by atoms with Crippen LogP contribution in [0.15, 0.2) is 63.7 Å². The van der Waals surface area contributed by atoms with Crippen molar-refractivity contribution in [2.75, 3.05) is 19.0 Å². The molecule has 3 nitrogen and oxygen atoms in total. The molecule has 2 aromatic carbocycles. The van der Waals surface area contributed by atoms with E-state index in [1.54, 1.807) is 0 Å². The standard InChI is InChI=1S/C14H15N3S.C2H6/c1-17(2)13-7-3-11(4-8-13)15-16-12-5-9-14(18)10-6-12;1-2/h3-10,18H,1-2H3;1-2H3. The zero-order valence-corrected chi connectivity index (χ0v) is 13.3. The SMILES string of the molecule is CC.CN(C)c1ccc(N=Nc2ccc(S)cc2)cc1. The van der Waals surface area contributed by atoms with Crippen molar-refractivity contribution < 1.29 is 0 Å². The Kier molecular flexibility index (Phi) is 6.81. The van der Waals surface area contributed by atoms with Crippen molar-refractivity contribution in [3.05, 3.63) is 48.5 Å². The molecule has 0 atom stereocenters. The van der Waals surface area contributed by atoms with Gasteiger partial charge in [-0.25, -0.2) is 0 Å². The van der Waals surface area contributed by atoms with E-state index in [1.807, 2.05) is 81.4 Å². The summed E-state index contributed by atoms with van der Waals surface area (Å²) in [5.74, 6) is 0. The van der Waals surface area contributed by atoms with Crippen LogP contribution in [0.3, 0.4) is 0 Å². The van der Waals surface area contributed by atoms with Gasteiger partial charge in [0, 0.05) is 24.7 Å². The molecule has 0 heterocycles. The van der Waals surface area contributed by atoms with Crippen molar-refractivity contribution in [3.8, 4) is 0 Å². The number of rotatable bonds is 3. The Morgan fingerprint density at radius 1 is 0.750 bits per heavy atom. The smallest absolute Gasteiger partial charge is 0.0858 e. The van der Waals surface area contributed by atoms with Crippen LogP contribution in [0.2, 0.25) is 0 Å². The summed E-state index contributed by atoms with van der Waals surface area (Å²) < 4.78 is 0. The molecule has 4 heteroatoms. The highest BCUT2D eigenvalue weighted by Gasteiger charge is 1.95. The summed E-state index contributed by atoms with van der Waals surface area (Å²) in [6, 6.07) is 15.5. The zero-order chi connectivity index (χ0) is 15.0. The minimum absolute atomic E-state index is 0.824. The highest BCUT2D eigenvalue weighted by atomic mass is 32.1. The van der Waals surface area contributed by atoms with Gasteiger partial charge in [0.25, 0.3) is 0 Å². The minimum atomic E-state index is 0.824. The second-order valence-corrected chi connectivity index (χ2v) is 4.64. The van der Waals surface area contributed by atoms with E-state index < -0.39 is 0 Å². The van der Waals surface area contributed by atoms with Gasteiger partial charge < -0.3 is 4.90 Å². The lowest BCUT2D eigenvalue weighted by atomic mass is 10.3. The Bertz CT molecular complexity index is 531. The summed E-state index contributed by atoms with van der Waals surface area (Å²) in [4.78, 5) is 2.97. The average Bonchev–Trinajstić information content (AvgIpc) is 2.49. The summed E-state index contributed by atoms with van der Waals surface area (Å²) >= 11 is 4.22. The fraction of sp³-hybridized carbons (Fsp3) is 0.250. The lowest BCUT2D eigenvalue weighted by Gasteiger charge is -2.11. The van der Waals surface area contributed by atoms with Gasteiger partial charge in [0.2, 0.25) is 0 Å². The average molecular weight is 287 g/mol. The summed E-state index contributed by atoms with van der Waals surface area (Å²) in [7, 11) is 4.02. The summed E-state index contributed by atoms with van der Waals surface area (Å²) in [5.41, 5.74) is 2.81. The first-order valence-electron chi connectivity index (χ1n) is 6.63. The van der Waals surface area contributed by atoms with E-state index in [1.165, 1.54) is 0 Å². The quantitative estimate of drug-likeness (QED) is 0.587. The van der Waals surface area contributed by atoms with Crippen LogP contribution in [0, 0.1) is 0 Å². The molecule has 0 saturated heterocycles. The molecule has 0 fully saturated rings. The van der Waals surface area contributed by atoms with E-state index in [4.69, 9.17) is 0 Å². The molecular formula is C16H21N3S. The van der Waals surface area contributed by atoms with Gasteiger partial charge in [0.05, 0.1) is 11.4 Å². The van der Waals surface area contributed by atoms with Gasteiger partial charge >= 0.3 is 0 Å². The second-order valence-electron chi connectivity index (χ2n) is 4.13. The molecule has 0 bridgehead atoms. The maximum Gasteiger partial charge on any atom is 0.0858 e. The first kappa shape index (κ1) is 16.2. The second kappa shape index (κ2) is 8.38. The molecule has 0 saturated carbocycles. The van der Waals surface area contributed by atoms with Crippen molar-refractivity contribution >= 4 is 29.7 Å². The van der Waals surface area contributed by atoms with E-state index in [9.17, 15) is 0 Å². The van der Waals surface area contributed by atoms with E-state index >= 15 is 0 Å². The van der Waals surface area contributed by atoms with Gasteiger partial charge in [-0.05, 0) is 48.5 Å². The molecule has 0 unspecified atom stereocenters. The molecule has 2 rings (SSSR count). The Balaban J connectivity index is 0.000000956. The van der Waals surface area contributed by atoms with Crippen molar-refractivity contribution in [1.82, 2.24) is 0 Å². The molecule has 0 radical (unpaired) electrons. The van der Waals surface area contributed by atoms with Crippen LogP contribution in [0.4, 0.5) is 17.1 Å². The Labute approximate surface area is 126 Å². The summed E-state index contributed by atoms with van der Waals surface area (Å²) in [6.07, 6.45) is 0. The fourth-order valence-corrected chi connectivity index (χ4v) is 1.60. The lowest BCUT2D eigenvalue weighted by Crippen LogP contribution is -2.07. The summed E-state index contributed by atoms with van der Waals surface area (Å²) in [6.45, 7) is 4.00. The molecule has 0 aliphatic rings. The van der Waals surface area contributed by atoms with Gasteiger partial charge in [0.1, 0.15) is 0 Å². The third-order valence-electron chi connectivity index (χ3n) is 2.50. The van der Waals surface area contributed by atoms with Gasteiger partial charge in [-0.3, -0.25) is 0 Å². The Morgan fingerprint density at radius 3 is 1.55 bits per heavy atom. The highest BCUT2D eigenvalue weighted by molar-refractivity contribution is 7.80. The predicted octanol–water partition coefficient (Wildman–Crippen LogP) is 5.48. The Hall–Kier alpha value is -1.81. The van der Waals surface area contributed by atoms with Crippen LogP contribution in [0.5, 0.6) is 0 Å². The van der Waals surface area contributed by atoms with E-state index in [-0.39, 0.29) is 0 Å². The van der Waals surface area contributed by atoms with Crippen LogP contribution < -0.4 is 4.90 Å². The largest absolute Gasteiger partial charge is 0.378 e. The van der Waals surface area contributed by atoms with Crippen LogP contribution in [-0.2, 0) is 0 Å². The maximum absolute atomic E-state index is 4.22. The number of benzene rings is 2.